The molecule has 1 aliphatic heterocycles. The van der Waals surface area contributed by atoms with Crippen molar-refractivity contribution in [1.82, 2.24) is 4.90 Å². The van der Waals surface area contributed by atoms with Gasteiger partial charge >= 0.3 is 5.97 Å². The number of ether oxygens (including phenoxy) is 2. The number of imide groups is 1. The number of anilines is 1. The van der Waals surface area contributed by atoms with E-state index < -0.39 is 36.2 Å². The first-order valence-corrected chi connectivity index (χ1v) is 10.7. The van der Waals surface area contributed by atoms with Crippen molar-refractivity contribution >= 4 is 46.5 Å². The topological polar surface area (TPSA) is 122 Å². The largest absolute Gasteiger partial charge is 0.493 e. The molecule has 0 bridgehead atoms. The molecule has 0 aliphatic carbocycles. The number of para-hydroxylation sites is 2. The Hall–Kier alpha value is -3.79. The number of nitrogens with zero attached hydrogens (tertiary/aromatic N) is 1. The highest BCUT2D eigenvalue weighted by Gasteiger charge is 2.36. The number of methoxy groups -OCH3 is 1. The zero-order valence-electron chi connectivity index (χ0n) is 18.2. The van der Waals surface area contributed by atoms with Crippen molar-refractivity contribution in [3.05, 3.63) is 58.0 Å². The Labute approximate surface area is 194 Å². The van der Waals surface area contributed by atoms with Gasteiger partial charge in [0, 0.05) is 11.3 Å². The molecule has 3 rings (SSSR count). The number of carbonyl (C=O) groups is 4. The van der Waals surface area contributed by atoms with Crippen LogP contribution in [0.1, 0.15) is 16.7 Å². The van der Waals surface area contributed by atoms with Gasteiger partial charge < -0.3 is 19.9 Å². The second-order valence-electron chi connectivity index (χ2n) is 7.14. The summed E-state index contributed by atoms with van der Waals surface area (Å²) < 4.78 is 10.5. The van der Waals surface area contributed by atoms with Crippen molar-refractivity contribution in [2.75, 3.05) is 25.6 Å². The van der Waals surface area contributed by atoms with E-state index in [4.69, 9.17) is 14.6 Å². The summed E-state index contributed by atoms with van der Waals surface area (Å²) in [4.78, 5) is 49.7. The number of hydrogen-bond acceptors (Lipinski definition) is 7. The number of aliphatic carboxylic acids is 1. The lowest BCUT2D eigenvalue weighted by molar-refractivity contribution is -0.139. The van der Waals surface area contributed by atoms with E-state index in [9.17, 15) is 19.2 Å². The van der Waals surface area contributed by atoms with E-state index in [0.717, 1.165) is 16.0 Å². The summed E-state index contributed by atoms with van der Waals surface area (Å²) in [5.74, 6) is -1.90. The first-order valence-electron chi connectivity index (χ1n) is 9.84. The first kappa shape index (κ1) is 23.9. The lowest BCUT2D eigenvalue weighted by Gasteiger charge is -2.15. The third-order valence-electron chi connectivity index (χ3n) is 4.78. The van der Waals surface area contributed by atoms with Crippen LogP contribution in [-0.4, -0.2) is 53.3 Å². The normalized spacial score (nSPS) is 14.5. The van der Waals surface area contributed by atoms with E-state index in [-0.39, 0.29) is 16.4 Å². The van der Waals surface area contributed by atoms with Crippen LogP contribution in [-0.2, 0) is 14.4 Å². The van der Waals surface area contributed by atoms with E-state index in [1.54, 1.807) is 18.2 Å². The van der Waals surface area contributed by atoms with Crippen LogP contribution >= 0.6 is 11.8 Å². The Balaban J connectivity index is 1.80. The lowest BCUT2D eigenvalue weighted by atomic mass is 10.1. The third kappa shape index (κ3) is 5.53. The Kier molecular flexibility index (Phi) is 7.39. The number of thioether (sulfide) groups is 1. The fraction of sp³-hybridized carbons (Fsp3) is 0.217. The minimum atomic E-state index is -1.18. The Bertz CT molecular complexity index is 1140. The number of amides is 3. The zero-order chi connectivity index (χ0) is 24.1. The van der Waals surface area contributed by atoms with Crippen LogP contribution in [0.5, 0.6) is 11.5 Å². The lowest BCUT2D eigenvalue weighted by Crippen LogP contribution is -2.36. The maximum Gasteiger partial charge on any atom is 0.341 e. The predicted octanol–water partition coefficient (Wildman–Crippen LogP) is 3.45. The highest BCUT2D eigenvalue weighted by Crippen LogP contribution is 2.37. The maximum atomic E-state index is 12.8. The molecule has 1 heterocycles. The van der Waals surface area contributed by atoms with Crippen molar-refractivity contribution in [3.63, 3.8) is 0 Å². The second kappa shape index (κ2) is 10.2. The van der Waals surface area contributed by atoms with E-state index in [0.29, 0.717) is 23.0 Å². The molecule has 0 aromatic heterocycles. The molecule has 3 amide bonds. The van der Waals surface area contributed by atoms with Crippen LogP contribution in [0.3, 0.4) is 0 Å². The molecule has 0 saturated carbocycles. The minimum Gasteiger partial charge on any atom is -0.493 e. The van der Waals surface area contributed by atoms with Crippen LogP contribution < -0.4 is 14.8 Å². The fourth-order valence-corrected chi connectivity index (χ4v) is 4.04. The van der Waals surface area contributed by atoms with E-state index >= 15 is 0 Å². The van der Waals surface area contributed by atoms with Crippen LogP contribution in [0.15, 0.2) is 41.3 Å². The number of carbonyl (C=O) groups excluding carboxylic acids is 3. The zero-order valence-corrected chi connectivity index (χ0v) is 19.0. The molecular formula is C23H22N2O7S. The number of nitrogens with one attached hydrogen (secondary N) is 1. The number of hydrogen-bond donors (Lipinski definition) is 2. The molecule has 10 heteroatoms. The van der Waals surface area contributed by atoms with Crippen molar-refractivity contribution in [2.24, 2.45) is 0 Å². The number of rotatable bonds is 8. The standard InChI is InChI=1S/C23H22N2O7S/c1-13-6-4-7-14(2)20(13)24-18(26)11-25-22(29)17(33-23(25)30)10-15-8-5-9-16(31-3)21(15)32-12-19(27)28/h4-10H,11-12H2,1-3H3,(H,24,26)(H,27,28)/b17-10+. The minimum absolute atomic E-state index is 0.0771. The van der Waals surface area contributed by atoms with Crippen molar-refractivity contribution in [3.8, 4) is 11.5 Å². The molecule has 0 atom stereocenters. The van der Waals surface area contributed by atoms with Crippen LogP contribution in [0.2, 0.25) is 0 Å². The van der Waals surface area contributed by atoms with Gasteiger partial charge in [0.05, 0.1) is 12.0 Å². The summed E-state index contributed by atoms with van der Waals surface area (Å²) in [5, 5.41) is 11.1. The van der Waals surface area contributed by atoms with E-state index in [1.807, 2.05) is 32.0 Å². The van der Waals surface area contributed by atoms with Gasteiger partial charge in [0.1, 0.15) is 6.54 Å². The van der Waals surface area contributed by atoms with Gasteiger partial charge in [-0.3, -0.25) is 19.3 Å². The molecule has 1 saturated heterocycles. The molecule has 0 radical (unpaired) electrons. The smallest absolute Gasteiger partial charge is 0.341 e. The van der Waals surface area contributed by atoms with E-state index in [1.165, 1.54) is 13.2 Å². The Morgan fingerprint density at radius 3 is 2.42 bits per heavy atom. The SMILES string of the molecule is COc1cccc(/C=C2/SC(=O)N(CC(=O)Nc3c(C)cccc3C)C2=O)c1OCC(=O)O. The number of aryl methyl sites for hydroxylation is 2. The first-order chi connectivity index (χ1) is 15.7. The highest BCUT2D eigenvalue weighted by molar-refractivity contribution is 8.18. The number of benzene rings is 2. The molecule has 1 fully saturated rings. The number of carboxylic acid groups (broad SMARTS) is 1. The quantitative estimate of drug-likeness (QED) is 0.563. The second-order valence-corrected chi connectivity index (χ2v) is 8.14. The van der Waals surface area contributed by atoms with Crippen molar-refractivity contribution < 1.29 is 33.8 Å². The average molecular weight is 471 g/mol. The van der Waals surface area contributed by atoms with Gasteiger partial charge in [-0.05, 0) is 48.9 Å². The van der Waals surface area contributed by atoms with Gasteiger partial charge in [0.25, 0.3) is 11.1 Å². The molecule has 2 aromatic carbocycles. The predicted molar refractivity (Wildman–Crippen MR) is 123 cm³/mol. The van der Waals surface area contributed by atoms with Crippen LogP contribution in [0.25, 0.3) is 6.08 Å². The molecule has 2 aromatic rings. The summed E-state index contributed by atoms with van der Waals surface area (Å²) >= 11 is 0.684. The Morgan fingerprint density at radius 2 is 1.79 bits per heavy atom. The fourth-order valence-electron chi connectivity index (χ4n) is 3.21. The summed E-state index contributed by atoms with van der Waals surface area (Å²) in [6, 6.07) is 10.4. The third-order valence-corrected chi connectivity index (χ3v) is 5.68. The molecule has 0 spiro atoms. The van der Waals surface area contributed by atoms with Crippen molar-refractivity contribution in [2.45, 2.75) is 13.8 Å². The molecule has 0 unspecified atom stereocenters. The summed E-state index contributed by atoms with van der Waals surface area (Å²) in [6.45, 7) is 2.66. The van der Waals surface area contributed by atoms with Crippen LogP contribution in [0.4, 0.5) is 10.5 Å². The van der Waals surface area contributed by atoms with Crippen LogP contribution in [0, 0.1) is 13.8 Å². The molecule has 33 heavy (non-hydrogen) atoms. The van der Waals surface area contributed by atoms with Gasteiger partial charge in [-0.25, -0.2) is 4.79 Å². The van der Waals surface area contributed by atoms with Gasteiger partial charge in [-0.1, -0.05) is 30.3 Å². The molecule has 1 aliphatic rings. The molecule has 172 valence electrons. The highest BCUT2D eigenvalue weighted by atomic mass is 32.2. The summed E-state index contributed by atoms with van der Waals surface area (Å²) in [5.41, 5.74) is 2.73. The van der Waals surface area contributed by atoms with Gasteiger partial charge in [0.2, 0.25) is 5.91 Å². The van der Waals surface area contributed by atoms with Gasteiger partial charge in [0.15, 0.2) is 18.1 Å². The van der Waals surface area contributed by atoms with Gasteiger partial charge in [-0.15, -0.1) is 0 Å². The molecule has 9 nitrogen and oxygen atoms in total. The van der Waals surface area contributed by atoms with Gasteiger partial charge in [-0.2, -0.15) is 0 Å². The summed E-state index contributed by atoms with van der Waals surface area (Å²) in [7, 11) is 1.40. The van der Waals surface area contributed by atoms with Crippen molar-refractivity contribution in [1.29, 1.82) is 0 Å². The Morgan fingerprint density at radius 1 is 1.12 bits per heavy atom. The molecular weight excluding hydrogens is 448 g/mol. The summed E-state index contributed by atoms with van der Waals surface area (Å²) in [6.07, 6.45) is 1.41. The average Bonchev–Trinajstić information content (AvgIpc) is 3.02. The maximum absolute atomic E-state index is 12.8. The molecule has 2 N–H and O–H groups in total. The monoisotopic (exact) mass is 470 g/mol. The number of carboxylic acids is 1. The van der Waals surface area contributed by atoms with E-state index in [2.05, 4.69) is 5.32 Å².